The van der Waals surface area contributed by atoms with Crippen molar-refractivity contribution in [2.75, 3.05) is 0 Å². The number of pyridine rings is 1. The second-order valence-electron chi connectivity index (χ2n) is 3.39. The van der Waals surface area contributed by atoms with Gasteiger partial charge >= 0.3 is 0 Å². The van der Waals surface area contributed by atoms with Crippen LogP contribution in [0.4, 0.5) is 0 Å². The second kappa shape index (κ2) is 3.14. The van der Waals surface area contributed by atoms with Crippen LogP contribution in [-0.2, 0) is 7.05 Å². The van der Waals surface area contributed by atoms with E-state index in [1.165, 1.54) is 0 Å². The zero-order valence-electron chi connectivity index (χ0n) is 8.04. The van der Waals surface area contributed by atoms with Crippen molar-refractivity contribution < 1.29 is 0 Å². The van der Waals surface area contributed by atoms with Crippen molar-refractivity contribution in [2.24, 2.45) is 7.05 Å². The molecule has 1 aromatic carbocycles. The molecule has 0 aliphatic rings. The summed E-state index contributed by atoms with van der Waals surface area (Å²) in [5, 5.41) is 1.29. The molecule has 0 unspecified atom stereocenters. The lowest BCUT2D eigenvalue weighted by Crippen LogP contribution is -2.10. The first-order chi connectivity index (χ1) is 6.61. The largest absolute Gasteiger partial charge is 0.349 e. The van der Waals surface area contributed by atoms with Gasteiger partial charge in [-0.25, -0.2) is 0 Å². The van der Waals surface area contributed by atoms with Gasteiger partial charge in [-0.2, -0.15) is 0 Å². The van der Waals surface area contributed by atoms with Crippen LogP contribution in [0.1, 0.15) is 5.56 Å². The van der Waals surface area contributed by atoms with E-state index in [2.05, 4.69) is 0 Å². The van der Waals surface area contributed by atoms with E-state index in [1.807, 2.05) is 18.5 Å². The van der Waals surface area contributed by atoms with Crippen LogP contribution in [0.2, 0.25) is 5.02 Å². The van der Waals surface area contributed by atoms with E-state index >= 15 is 0 Å². The van der Waals surface area contributed by atoms with E-state index in [0.29, 0.717) is 10.4 Å². The predicted molar refractivity (Wildman–Crippen MR) is 58.9 cm³/mol. The first-order valence-electron chi connectivity index (χ1n) is 4.35. The Kier molecular flexibility index (Phi) is 2.08. The topological polar surface area (TPSA) is 22.0 Å². The average molecular weight is 208 g/mol. The highest BCUT2D eigenvalue weighted by Crippen LogP contribution is 2.20. The molecule has 0 fully saturated rings. The molecule has 2 rings (SSSR count). The van der Waals surface area contributed by atoms with Crippen molar-refractivity contribution >= 4 is 22.5 Å². The minimum Gasteiger partial charge on any atom is -0.349 e. The third-order valence-corrected chi connectivity index (χ3v) is 2.63. The summed E-state index contributed by atoms with van der Waals surface area (Å²) in [5.41, 5.74) is 1.59. The van der Waals surface area contributed by atoms with Crippen LogP contribution in [-0.4, -0.2) is 4.57 Å². The van der Waals surface area contributed by atoms with Gasteiger partial charge in [0.25, 0.3) is 0 Å². The summed E-state index contributed by atoms with van der Waals surface area (Å²) in [4.78, 5) is 11.8. The van der Waals surface area contributed by atoms with Gasteiger partial charge in [0.05, 0.1) is 10.5 Å². The first kappa shape index (κ1) is 9.28. The molecule has 0 bridgehead atoms. The maximum Gasteiger partial charge on any atom is 0.192 e. The first-order valence-corrected chi connectivity index (χ1v) is 4.73. The van der Waals surface area contributed by atoms with E-state index in [4.69, 9.17) is 11.6 Å². The Morgan fingerprint density at radius 2 is 2.07 bits per heavy atom. The predicted octanol–water partition coefficient (Wildman–Crippen LogP) is 2.50. The summed E-state index contributed by atoms with van der Waals surface area (Å²) in [6, 6.07) is 5.39. The number of hydrogen-bond acceptors (Lipinski definition) is 1. The van der Waals surface area contributed by atoms with E-state index < -0.39 is 0 Å². The van der Waals surface area contributed by atoms with E-state index in [-0.39, 0.29) is 5.43 Å². The Hall–Kier alpha value is -1.28. The maximum absolute atomic E-state index is 11.8. The van der Waals surface area contributed by atoms with Crippen molar-refractivity contribution in [1.29, 1.82) is 0 Å². The van der Waals surface area contributed by atoms with Crippen LogP contribution in [0.5, 0.6) is 0 Å². The number of nitrogens with zero attached hydrogens (tertiary/aromatic N) is 1. The summed E-state index contributed by atoms with van der Waals surface area (Å²) in [7, 11) is 1.89. The van der Waals surface area contributed by atoms with E-state index in [0.717, 1.165) is 11.1 Å². The molecule has 3 heteroatoms. The molecule has 2 aromatic rings. The van der Waals surface area contributed by atoms with Crippen molar-refractivity contribution in [1.82, 2.24) is 4.57 Å². The smallest absolute Gasteiger partial charge is 0.192 e. The van der Waals surface area contributed by atoms with Crippen molar-refractivity contribution in [3.63, 3.8) is 0 Å². The van der Waals surface area contributed by atoms with Crippen LogP contribution in [0, 0.1) is 6.92 Å². The van der Waals surface area contributed by atoms with Gasteiger partial charge in [-0.15, -0.1) is 0 Å². The van der Waals surface area contributed by atoms with Crippen LogP contribution in [0.15, 0.2) is 29.2 Å². The zero-order valence-corrected chi connectivity index (χ0v) is 8.80. The Morgan fingerprint density at radius 3 is 2.79 bits per heavy atom. The lowest BCUT2D eigenvalue weighted by molar-refractivity contribution is 0.939. The molecule has 0 N–H and O–H groups in total. The highest BCUT2D eigenvalue weighted by atomic mass is 35.5. The molecule has 2 nitrogen and oxygen atoms in total. The molecule has 0 amide bonds. The van der Waals surface area contributed by atoms with E-state index in [9.17, 15) is 4.79 Å². The van der Waals surface area contributed by atoms with Crippen molar-refractivity contribution in [3.05, 3.63) is 45.2 Å². The van der Waals surface area contributed by atoms with Crippen molar-refractivity contribution in [3.8, 4) is 0 Å². The molecule has 0 aliphatic heterocycles. The number of aromatic nitrogens is 1. The minimum absolute atomic E-state index is 0.0561. The van der Waals surface area contributed by atoms with Gasteiger partial charge in [0, 0.05) is 24.2 Å². The van der Waals surface area contributed by atoms with Crippen LogP contribution in [0.3, 0.4) is 0 Å². The normalized spacial score (nSPS) is 10.8. The summed E-state index contributed by atoms with van der Waals surface area (Å²) < 4.78 is 1.88. The molecule has 0 atom stereocenters. The van der Waals surface area contributed by atoms with Crippen LogP contribution >= 0.6 is 11.6 Å². The number of fused-ring (bicyclic) bond motifs is 1. The molecular weight excluding hydrogens is 198 g/mol. The van der Waals surface area contributed by atoms with Gasteiger partial charge in [-0.1, -0.05) is 17.7 Å². The summed E-state index contributed by atoms with van der Waals surface area (Å²) >= 11 is 6.03. The Balaban J connectivity index is 3.10. The monoisotopic (exact) mass is 207 g/mol. The highest BCUT2D eigenvalue weighted by molar-refractivity contribution is 6.35. The van der Waals surface area contributed by atoms with Crippen LogP contribution < -0.4 is 5.43 Å². The number of halogens is 1. The third kappa shape index (κ3) is 1.23. The fourth-order valence-electron chi connectivity index (χ4n) is 1.68. The van der Waals surface area contributed by atoms with Gasteiger partial charge in [0.2, 0.25) is 0 Å². The fraction of sp³-hybridized carbons (Fsp3) is 0.182. The molecule has 14 heavy (non-hydrogen) atoms. The summed E-state index contributed by atoms with van der Waals surface area (Å²) in [5.74, 6) is 0. The molecule has 1 aromatic heterocycles. The molecule has 72 valence electrons. The van der Waals surface area contributed by atoms with Gasteiger partial charge in [-0.3, -0.25) is 4.79 Å². The number of rotatable bonds is 0. The number of para-hydroxylation sites is 1. The van der Waals surface area contributed by atoms with Gasteiger partial charge in [0.1, 0.15) is 0 Å². The Morgan fingerprint density at radius 1 is 1.36 bits per heavy atom. The molecule has 0 saturated heterocycles. The molecule has 0 radical (unpaired) electrons. The second-order valence-corrected chi connectivity index (χ2v) is 3.80. The Bertz CT molecular complexity index is 557. The molecular formula is C11H10ClNO. The maximum atomic E-state index is 11.8. The summed E-state index contributed by atoms with van der Waals surface area (Å²) in [6.07, 6.45) is 1.80. The number of benzene rings is 1. The van der Waals surface area contributed by atoms with E-state index in [1.54, 1.807) is 24.4 Å². The number of aryl methyl sites for hydroxylation is 2. The lowest BCUT2D eigenvalue weighted by atomic mass is 10.1. The minimum atomic E-state index is 0.0561. The van der Waals surface area contributed by atoms with Crippen LogP contribution in [0.25, 0.3) is 10.9 Å². The van der Waals surface area contributed by atoms with Gasteiger partial charge in [-0.05, 0) is 19.1 Å². The van der Waals surface area contributed by atoms with Gasteiger partial charge in [0.15, 0.2) is 5.43 Å². The Labute approximate surface area is 86.7 Å². The molecule has 0 spiro atoms. The average Bonchev–Trinajstić information content (AvgIpc) is 2.14. The fourth-order valence-corrected chi connectivity index (χ4v) is 1.99. The summed E-state index contributed by atoms with van der Waals surface area (Å²) in [6.45, 7) is 1.81. The zero-order chi connectivity index (χ0) is 10.3. The van der Waals surface area contributed by atoms with Crippen molar-refractivity contribution in [2.45, 2.75) is 6.92 Å². The highest BCUT2D eigenvalue weighted by Gasteiger charge is 2.06. The SMILES string of the molecule is Cc1cn(C)c2c(Cl)cccc2c1=O. The quantitative estimate of drug-likeness (QED) is 0.651. The molecule has 0 saturated carbocycles. The van der Waals surface area contributed by atoms with Gasteiger partial charge < -0.3 is 4.57 Å². The lowest BCUT2D eigenvalue weighted by Gasteiger charge is -2.07. The number of hydrogen-bond donors (Lipinski definition) is 0. The standard InChI is InChI=1S/C11H10ClNO/c1-7-6-13(2)10-8(11(7)14)4-3-5-9(10)12/h3-6H,1-2H3. The third-order valence-electron chi connectivity index (χ3n) is 2.33. The molecule has 0 aliphatic carbocycles. The molecule has 1 heterocycles.